The van der Waals surface area contributed by atoms with Crippen molar-refractivity contribution in [3.63, 3.8) is 0 Å². The molecule has 128 valence electrons. The molecule has 1 aromatic carbocycles. The average molecular weight is 392 g/mol. The fourth-order valence-electron chi connectivity index (χ4n) is 3.23. The molecule has 1 aromatic heterocycles. The number of aromatic nitrogens is 4. The summed E-state index contributed by atoms with van der Waals surface area (Å²) in [6.45, 7) is 4.56. The fraction of sp³-hybridized carbons (Fsp3) is 0.529. The van der Waals surface area contributed by atoms with Crippen LogP contribution in [0.1, 0.15) is 33.1 Å². The van der Waals surface area contributed by atoms with Gasteiger partial charge < -0.3 is 5.32 Å². The normalized spacial score (nSPS) is 23.9. The van der Waals surface area contributed by atoms with E-state index in [2.05, 4.69) is 50.5 Å². The standard InChI is InChI=1S/C17H22BrN5O/c1-11-6-5-9-15(12(11)2)19-16(24)10-23-21-17(20-22-23)13-7-3-4-8-14(13)18/h3-4,7-8,11-12,15H,5-6,9-10H2,1-2H3,(H,19,24)/t11-,12+,15+/m0/s1. The topological polar surface area (TPSA) is 72.7 Å². The Bertz CT molecular complexity index is 717. The van der Waals surface area contributed by atoms with Gasteiger partial charge in [-0.2, -0.15) is 4.80 Å². The molecule has 0 aliphatic heterocycles. The molecule has 0 bridgehead atoms. The van der Waals surface area contributed by atoms with E-state index in [0.717, 1.165) is 16.5 Å². The van der Waals surface area contributed by atoms with E-state index in [-0.39, 0.29) is 18.5 Å². The maximum atomic E-state index is 12.3. The van der Waals surface area contributed by atoms with E-state index in [1.165, 1.54) is 17.6 Å². The second kappa shape index (κ2) is 7.42. The van der Waals surface area contributed by atoms with E-state index < -0.39 is 0 Å². The minimum Gasteiger partial charge on any atom is -0.351 e. The lowest BCUT2D eigenvalue weighted by molar-refractivity contribution is -0.123. The molecule has 1 aliphatic carbocycles. The largest absolute Gasteiger partial charge is 0.351 e. The molecule has 6 nitrogen and oxygen atoms in total. The summed E-state index contributed by atoms with van der Waals surface area (Å²) in [5.41, 5.74) is 0.860. The first-order valence-corrected chi connectivity index (χ1v) is 9.16. The Labute approximate surface area is 150 Å². The molecular weight excluding hydrogens is 370 g/mol. The predicted octanol–water partition coefficient (Wildman–Crippen LogP) is 3.04. The number of rotatable bonds is 4. The van der Waals surface area contributed by atoms with E-state index >= 15 is 0 Å². The maximum Gasteiger partial charge on any atom is 0.243 e. The van der Waals surface area contributed by atoms with Gasteiger partial charge in [0.15, 0.2) is 0 Å². The summed E-state index contributed by atoms with van der Waals surface area (Å²) >= 11 is 3.47. The molecule has 0 spiro atoms. The molecule has 24 heavy (non-hydrogen) atoms. The fourth-order valence-corrected chi connectivity index (χ4v) is 3.69. The van der Waals surface area contributed by atoms with Gasteiger partial charge in [0.05, 0.1) is 0 Å². The van der Waals surface area contributed by atoms with Crippen molar-refractivity contribution in [2.75, 3.05) is 0 Å². The number of amides is 1. The maximum absolute atomic E-state index is 12.3. The van der Waals surface area contributed by atoms with Gasteiger partial charge in [-0.25, -0.2) is 0 Å². The van der Waals surface area contributed by atoms with Gasteiger partial charge in [-0.05, 0) is 35.6 Å². The highest BCUT2D eigenvalue weighted by Gasteiger charge is 2.28. The lowest BCUT2D eigenvalue weighted by Gasteiger charge is -2.34. The zero-order valence-electron chi connectivity index (χ0n) is 13.9. The van der Waals surface area contributed by atoms with E-state index in [1.807, 2.05) is 24.3 Å². The Morgan fingerprint density at radius 3 is 2.92 bits per heavy atom. The number of carbonyl (C=O) groups excluding carboxylic acids is 1. The highest BCUT2D eigenvalue weighted by molar-refractivity contribution is 9.10. The van der Waals surface area contributed by atoms with E-state index in [1.54, 1.807) is 0 Å². The summed E-state index contributed by atoms with van der Waals surface area (Å²) in [6.07, 6.45) is 3.46. The molecule has 1 aliphatic rings. The summed E-state index contributed by atoms with van der Waals surface area (Å²) in [5, 5.41) is 15.5. The molecular formula is C17H22BrN5O. The van der Waals surface area contributed by atoms with Gasteiger partial charge in [-0.15, -0.1) is 10.2 Å². The molecule has 3 rings (SSSR count). The SMILES string of the molecule is C[C@@H]1[C@@H](C)CCC[C@H]1NC(=O)Cn1nnc(-c2ccccc2Br)n1. The number of carbonyl (C=O) groups is 1. The second-order valence-electron chi connectivity index (χ2n) is 6.56. The van der Waals surface area contributed by atoms with Crippen LogP contribution in [0.15, 0.2) is 28.7 Å². The first kappa shape index (κ1) is 17.1. The van der Waals surface area contributed by atoms with E-state index in [0.29, 0.717) is 17.7 Å². The van der Waals surface area contributed by atoms with Crippen LogP contribution in [-0.2, 0) is 11.3 Å². The lowest BCUT2D eigenvalue weighted by atomic mass is 9.78. The van der Waals surface area contributed by atoms with Crippen LogP contribution >= 0.6 is 15.9 Å². The van der Waals surface area contributed by atoms with Gasteiger partial charge in [0.1, 0.15) is 6.54 Å². The summed E-state index contributed by atoms with van der Waals surface area (Å²) in [4.78, 5) is 13.6. The van der Waals surface area contributed by atoms with Gasteiger partial charge in [0.2, 0.25) is 11.7 Å². The van der Waals surface area contributed by atoms with Crippen LogP contribution in [0, 0.1) is 11.8 Å². The summed E-state index contributed by atoms with van der Waals surface area (Å²) in [5.74, 6) is 1.60. The number of tetrazole rings is 1. The molecule has 1 heterocycles. The smallest absolute Gasteiger partial charge is 0.243 e. The van der Waals surface area contributed by atoms with Crippen LogP contribution in [0.3, 0.4) is 0 Å². The number of nitrogens with zero attached hydrogens (tertiary/aromatic N) is 4. The number of nitrogens with one attached hydrogen (secondary N) is 1. The van der Waals surface area contributed by atoms with Crippen molar-refractivity contribution in [3.05, 3.63) is 28.7 Å². The number of hydrogen-bond acceptors (Lipinski definition) is 4. The molecule has 0 unspecified atom stereocenters. The Balaban J connectivity index is 1.62. The van der Waals surface area contributed by atoms with Crippen molar-refractivity contribution >= 4 is 21.8 Å². The van der Waals surface area contributed by atoms with Crippen molar-refractivity contribution in [2.24, 2.45) is 11.8 Å². The number of hydrogen-bond donors (Lipinski definition) is 1. The van der Waals surface area contributed by atoms with Crippen molar-refractivity contribution in [2.45, 2.75) is 45.7 Å². The Kier molecular flexibility index (Phi) is 5.28. The molecule has 3 atom stereocenters. The van der Waals surface area contributed by atoms with Crippen LogP contribution < -0.4 is 5.32 Å². The first-order valence-electron chi connectivity index (χ1n) is 8.36. The first-order chi connectivity index (χ1) is 11.5. The Hall–Kier alpha value is -1.76. The minimum absolute atomic E-state index is 0.0583. The highest BCUT2D eigenvalue weighted by atomic mass is 79.9. The third-order valence-electron chi connectivity index (χ3n) is 4.91. The van der Waals surface area contributed by atoms with Crippen LogP contribution in [-0.4, -0.2) is 32.2 Å². The van der Waals surface area contributed by atoms with Crippen molar-refractivity contribution in [1.29, 1.82) is 0 Å². The zero-order chi connectivity index (χ0) is 17.1. The lowest BCUT2D eigenvalue weighted by Crippen LogP contribution is -2.45. The molecule has 1 saturated carbocycles. The van der Waals surface area contributed by atoms with Crippen molar-refractivity contribution in [3.8, 4) is 11.4 Å². The summed E-state index contributed by atoms with van der Waals surface area (Å²) in [7, 11) is 0. The van der Waals surface area contributed by atoms with Gasteiger partial charge in [0.25, 0.3) is 0 Å². The monoisotopic (exact) mass is 391 g/mol. The van der Waals surface area contributed by atoms with Gasteiger partial charge in [0, 0.05) is 16.1 Å². The molecule has 1 amide bonds. The third kappa shape index (κ3) is 3.83. The summed E-state index contributed by atoms with van der Waals surface area (Å²) < 4.78 is 0.902. The number of benzene rings is 1. The van der Waals surface area contributed by atoms with Crippen LogP contribution in [0.25, 0.3) is 11.4 Å². The van der Waals surface area contributed by atoms with Crippen LogP contribution in [0.2, 0.25) is 0 Å². The quantitative estimate of drug-likeness (QED) is 0.868. The van der Waals surface area contributed by atoms with E-state index in [4.69, 9.17) is 0 Å². The van der Waals surface area contributed by atoms with Gasteiger partial charge in [-0.1, -0.05) is 54.8 Å². The average Bonchev–Trinajstić information content (AvgIpc) is 3.00. The molecule has 1 N–H and O–H groups in total. The summed E-state index contributed by atoms with van der Waals surface area (Å²) in [6, 6.07) is 7.93. The van der Waals surface area contributed by atoms with Crippen molar-refractivity contribution < 1.29 is 4.79 Å². The van der Waals surface area contributed by atoms with Crippen molar-refractivity contribution in [1.82, 2.24) is 25.5 Å². The molecule has 0 radical (unpaired) electrons. The number of halogens is 1. The molecule has 0 saturated heterocycles. The Morgan fingerprint density at radius 1 is 1.33 bits per heavy atom. The molecule has 2 aromatic rings. The highest BCUT2D eigenvalue weighted by Crippen LogP contribution is 2.29. The minimum atomic E-state index is -0.0583. The second-order valence-corrected chi connectivity index (χ2v) is 7.42. The van der Waals surface area contributed by atoms with E-state index in [9.17, 15) is 4.79 Å². The zero-order valence-corrected chi connectivity index (χ0v) is 15.5. The third-order valence-corrected chi connectivity index (χ3v) is 5.60. The van der Waals surface area contributed by atoms with Crippen LogP contribution in [0.5, 0.6) is 0 Å². The predicted molar refractivity (Wildman–Crippen MR) is 95.1 cm³/mol. The van der Waals surface area contributed by atoms with Gasteiger partial charge >= 0.3 is 0 Å². The molecule has 7 heteroatoms. The van der Waals surface area contributed by atoms with Gasteiger partial charge in [-0.3, -0.25) is 4.79 Å². The Morgan fingerprint density at radius 2 is 2.12 bits per heavy atom. The molecule has 1 fully saturated rings. The van der Waals surface area contributed by atoms with Crippen LogP contribution in [0.4, 0.5) is 0 Å².